The van der Waals surface area contributed by atoms with E-state index in [0.29, 0.717) is 24.1 Å². The number of carbonyl (C=O) groups is 1. The molecule has 1 unspecified atom stereocenters. The van der Waals surface area contributed by atoms with Crippen LogP contribution < -0.4 is 0 Å². The Labute approximate surface area is 148 Å². The first kappa shape index (κ1) is 17.0. The largest absolute Gasteiger partial charge is 0.424 e. The number of hydrogen-bond donors (Lipinski definition) is 0. The van der Waals surface area contributed by atoms with Gasteiger partial charge in [0.15, 0.2) is 0 Å². The molecule has 3 aliphatic heterocycles. The van der Waals surface area contributed by atoms with E-state index in [1.165, 1.54) is 0 Å². The van der Waals surface area contributed by atoms with Gasteiger partial charge in [-0.25, -0.2) is 0 Å². The van der Waals surface area contributed by atoms with E-state index in [1.807, 2.05) is 6.92 Å². The van der Waals surface area contributed by atoms with Gasteiger partial charge in [0.2, 0.25) is 17.7 Å². The van der Waals surface area contributed by atoms with Gasteiger partial charge in [0, 0.05) is 33.0 Å². The van der Waals surface area contributed by atoms with Crippen molar-refractivity contribution in [3.05, 3.63) is 11.8 Å². The minimum atomic E-state index is 0.250. The Kier molecular flexibility index (Phi) is 4.78. The lowest BCUT2D eigenvalue weighted by Crippen LogP contribution is -2.52. The number of carbonyl (C=O) groups excluding carboxylic acids is 1. The minimum absolute atomic E-state index is 0.250. The molecule has 3 saturated heterocycles. The van der Waals surface area contributed by atoms with E-state index < -0.39 is 0 Å². The topological polar surface area (TPSA) is 71.7 Å². The zero-order chi connectivity index (χ0) is 17.3. The van der Waals surface area contributed by atoms with Crippen LogP contribution >= 0.6 is 0 Å². The summed E-state index contributed by atoms with van der Waals surface area (Å²) in [5.74, 6) is 1.64. The summed E-state index contributed by atoms with van der Waals surface area (Å²) in [7, 11) is 0. The van der Waals surface area contributed by atoms with Crippen molar-refractivity contribution in [3.8, 4) is 0 Å². The van der Waals surface area contributed by atoms with Crippen LogP contribution in [-0.2, 0) is 16.1 Å². The Morgan fingerprint density at radius 2 is 2.08 bits per heavy atom. The van der Waals surface area contributed by atoms with Crippen LogP contribution in [0.4, 0.5) is 0 Å². The van der Waals surface area contributed by atoms with Crippen LogP contribution in [0.5, 0.6) is 0 Å². The zero-order valence-electron chi connectivity index (χ0n) is 15.1. The minimum Gasteiger partial charge on any atom is -0.424 e. The van der Waals surface area contributed by atoms with Crippen molar-refractivity contribution in [3.63, 3.8) is 0 Å². The van der Waals surface area contributed by atoms with Gasteiger partial charge in [-0.15, -0.1) is 10.2 Å². The number of hydrogen-bond acceptors (Lipinski definition) is 6. The molecule has 4 heterocycles. The lowest BCUT2D eigenvalue weighted by atomic mass is 9.72. The van der Waals surface area contributed by atoms with Crippen LogP contribution in [-0.4, -0.2) is 64.8 Å². The van der Waals surface area contributed by atoms with E-state index in [1.54, 1.807) is 0 Å². The molecule has 0 radical (unpaired) electrons. The third-order valence-electron chi connectivity index (χ3n) is 6.04. The van der Waals surface area contributed by atoms with E-state index >= 15 is 0 Å². The van der Waals surface area contributed by atoms with Crippen molar-refractivity contribution in [1.29, 1.82) is 0 Å². The number of ether oxygens (including phenoxy) is 1. The molecule has 0 aromatic carbocycles. The van der Waals surface area contributed by atoms with Gasteiger partial charge in [-0.1, -0.05) is 0 Å². The molecule has 1 atom stereocenters. The number of piperidine rings is 2. The highest BCUT2D eigenvalue weighted by Crippen LogP contribution is 2.40. The first-order valence-electron chi connectivity index (χ1n) is 9.53. The molecule has 4 rings (SSSR count). The summed E-state index contributed by atoms with van der Waals surface area (Å²) in [6.07, 6.45) is 6.46. The molecule has 1 aromatic heterocycles. The molecular formula is C18H28N4O3. The molecule has 7 heteroatoms. The first-order valence-corrected chi connectivity index (χ1v) is 9.53. The molecular weight excluding hydrogens is 320 g/mol. The van der Waals surface area contributed by atoms with Gasteiger partial charge in [-0.2, -0.15) is 0 Å². The summed E-state index contributed by atoms with van der Waals surface area (Å²) in [5.41, 5.74) is 0.285. The molecule has 1 aromatic rings. The van der Waals surface area contributed by atoms with Gasteiger partial charge < -0.3 is 14.1 Å². The van der Waals surface area contributed by atoms with E-state index in [4.69, 9.17) is 9.15 Å². The Bertz CT molecular complexity index is 603. The van der Waals surface area contributed by atoms with Gasteiger partial charge >= 0.3 is 0 Å². The summed E-state index contributed by atoms with van der Waals surface area (Å²) in [6, 6.07) is 0. The van der Waals surface area contributed by atoms with E-state index in [0.717, 1.165) is 71.4 Å². The van der Waals surface area contributed by atoms with Crippen LogP contribution in [0.25, 0.3) is 0 Å². The second kappa shape index (κ2) is 7.03. The highest BCUT2D eigenvalue weighted by atomic mass is 16.5. The van der Waals surface area contributed by atoms with Crippen molar-refractivity contribution in [2.24, 2.45) is 5.41 Å². The molecule has 1 spiro atoms. The fourth-order valence-corrected chi connectivity index (χ4v) is 4.49. The second-order valence-electron chi connectivity index (χ2n) is 7.90. The first-order chi connectivity index (χ1) is 12.1. The molecule has 25 heavy (non-hydrogen) atoms. The fourth-order valence-electron chi connectivity index (χ4n) is 4.49. The summed E-state index contributed by atoms with van der Waals surface area (Å²) in [5, 5.41) is 8.00. The maximum atomic E-state index is 12.3. The van der Waals surface area contributed by atoms with Crippen molar-refractivity contribution in [2.45, 2.75) is 58.1 Å². The second-order valence-corrected chi connectivity index (χ2v) is 7.90. The molecule has 0 saturated carbocycles. The number of aryl methyl sites for hydroxylation is 1. The standard InChI is InChI=1S/C18H28N4O3/c1-14-19-20-16(25-14)12-21-8-6-18(7-9-21)5-4-17(23)22(13-18)11-15-3-2-10-24-15/h15H,2-13H2,1H3. The third kappa shape index (κ3) is 3.87. The van der Waals surface area contributed by atoms with E-state index in [-0.39, 0.29) is 11.5 Å². The SMILES string of the molecule is Cc1nnc(CN2CCC3(CCC(=O)N(CC4CCCO4)C3)CC2)o1. The molecule has 138 valence electrons. The van der Waals surface area contributed by atoms with Gasteiger partial charge in [-0.05, 0) is 50.6 Å². The Balaban J connectivity index is 1.32. The van der Waals surface area contributed by atoms with E-state index in [2.05, 4.69) is 20.0 Å². The molecule has 0 N–H and O–H groups in total. The maximum absolute atomic E-state index is 12.3. The van der Waals surface area contributed by atoms with Gasteiger partial charge in [0.05, 0.1) is 12.6 Å². The summed E-state index contributed by atoms with van der Waals surface area (Å²) >= 11 is 0. The van der Waals surface area contributed by atoms with E-state index in [9.17, 15) is 4.79 Å². The Morgan fingerprint density at radius 1 is 1.24 bits per heavy atom. The van der Waals surface area contributed by atoms with Gasteiger partial charge in [0.25, 0.3) is 0 Å². The van der Waals surface area contributed by atoms with Crippen LogP contribution in [0, 0.1) is 12.3 Å². The fraction of sp³-hybridized carbons (Fsp3) is 0.833. The lowest BCUT2D eigenvalue weighted by molar-refractivity contribution is -0.141. The molecule has 0 bridgehead atoms. The molecule has 7 nitrogen and oxygen atoms in total. The number of nitrogens with zero attached hydrogens (tertiary/aromatic N) is 4. The predicted octanol–water partition coefficient (Wildman–Crippen LogP) is 1.76. The van der Waals surface area contributed by atoms with Crippen molar-refractivity contribution in [2.75, 3.05) is 32.8 Å². The summed E-state index contributed by atoms with van der Waals surface area (Å²) < 4.78 is 11.2. The molecule has 1 amide bonds. The predicted molar refractivity (Wildman–Crippen MR) is 90.8 cm³/mol. The quantitative estimate of drug-likeness (QED) is 0.826. The van der Waals surface area contributed by atoms with Crippen molar-refractivity contribution < 1.29 is 13.9 Å². The third-order valence-corrected chi connectivity index (χ3v) is 6.04. The Hall–Kier alpha value is -1.47. The van der Waals surface area contributed by atoms with Crippen LogP contribution in [0.2, 0.25) is 0 Å². The molecule has 0 aliphatic carbocycles. The van der Waals surface area contributed by atoms with Gasteiger partial charge in [-0.3, -0.25) is 9.69 Å². The number of rotatable bonds is 4. The lowest BCUT2D eigenvalue weighted by Gasteiger charge is -2.47. The van der Waals surface area contributed by atoms with Crippen LogP contribution in [0.15, 0.2) is 4.42 Å². The zero-order valence-corrected chi connectivity index (χ0v) is 15.1. The smallest absolute Gasteiger partial charge is 0.230 e. The van der Waals surface area contributed by atoms with Crippen molar-refractivity contribution >= 4 is 5.91 Å². The highest BCUT2D eigenvalue weighted by Gasteiger charge is 2.41. The Morgan fingerprint density at radius 3 is 2.76 bits per heavy atom. The molecule has 3 aliphatic rings. The monoisotopic (exact) mass is 348 g/mol. The number of likely N-dealkylation sites (tertiary alicyclic amines) is 2. The average molecular weight is 348 g/mol. The van der Waals surface area contributed by atoms with Crippen molar-refractivity contribution in [1.82, 2.24) is 20.0 Å². The number of aromatic nitrogens is 2. The molecule has 3 fully saturated rings. The summed E-state index contributed by atoms with van der Waals surface area (Å²) in [4.78, 5) is 16.8. The van der Waals surface area contributed by atoms with Crippen LogP contribution in [0.3, 0.4) is 0 Å². The summed E-state index contributed by atoms with van der Waals surface area (Å²) in [6.45, 7) is 7.15. The number of amides is 1. The van der Waals surface area contributed by atoms with Crippen LogP contribution in [0.1, 0.15) is 50.3 Å². The average Bonchev–Trinajstić information content (AvgIpc) is 3.25. The normalized spacial score (nSPS) is 27.3. The van der Waals surface area contributed by atoms with Gasteiger partial charge in [0.1, 0.15) is 0 Å². The maximum Gasteiger partial charge on any atom is 0.230 e. The highest BCUT2D eigenvalue weighted by molar-refractivity contribution is 5.77.